The Labute approximate surface area is 124 Å². The molecule has 1 heterocycles. The van der Waals surface area contributed by atoms with Gasteiger partial charge in [-0.1, -0.05) is 6.92 Å². The number of nitrogens with two attached hydrogens (primary N) is 1. The van der Waals surface area contributed by atoms with Crippen molar-refractivity contribution in [3.8, 4) is 0 Å². The number of amides is 1. The Morgan fingerprint density at radius 3 is 2.75 bits per heavy atom. The molecule has 20 heavy (non-hydrogen) atoms. The fourth-order valence-electron chi connectivity index (χ4n) is 3.41. The molecule has 0 aromatic heterocycles. The molecule has 0 aromatic carbocycles. The predicted molar refractivity (Wildman–Crippen MR) is 81.9 cm³/mol. The standard InChI is InChI=1S/C14H27N3O2S/c1-2-6-16-14(13(15)18)5-3-4-12(11-14)17-7-9-20(19)10-8-17/h12,16H,2-11H2,1H3,(H2,15,18). The van der Waals surface area contributed by atoms with Crippen molar-refractivity contribution in [2.75, 3.05) is 31.1 Å². The summed E-state index contributed by atoms with van der Waals surface area (Å²) >= 11 is 0. The maximum atomic E-state index is 12.0. The zero-order valence-corrected chi connectivity index (χ0v) is 13.2. The van der Waals surface area contributed by atoms with Crippen LogP contribution in [0.1, 0.15) is 39.0 Å². The molecule has 1 saturated carbocycles. The second kappa shape index (κ2) is 7.00. The molecule has 2 rings (SSSR count). The summed E-state index contributed by atoms with van der Waals surface area (Å²) < 4.78 is 11.5. The number of rotatable bonds is 5. The van der Waals surface area contributed by atoms with E-state index in [0.29, 0.717) is 6.04 Å². The number of nitrogens with one attached hydrogen (secondary N) is 1. The predicted octanol–water partition coefficient (Wildman–Crippen LogP) is 0.217. The molecular formula is C14H27N3O2S. The molecule has 2 aliphatic rings. The van der Waals surface area contributed by atoms with Gasteiger partial charge in [0.05, 0.1) is 5.54 Å². The fraction of sp³-hybridized carbons (Fsp3) is 0.929. The highest BCUT2D eigenvalue weighted by Gasteiger charge is 2.42. The van der Waals surface area contributed by atoms with Gasteiger partial charge in [0, 0.05) is 41.4 Å². The van der Waals surface area contributed by atoms with Crippen LogP contribution in [0.5, 0.6) is 0 Å². The van der Waals surface area contributed by atoms with Crippen molar-refractivity contribution in [1.29, 1.82) is 0 Å². The number of nitrogens with zero attached hydrogens (tertiary/aromatic N) is 1. The summed E-state index contributed by atoms with van der Waals surface area (Å²) in [6.07, 6.45) is 4.80. The summed E-state index contributed by atoms with van der Waals surface area (Å²) in [6, 6.07) is 0.401. The maximum Gasteiger partial charge on any atom is 0.237 e. The summed E-state index contributed by atoms with van der Waals surface area (Å²) in [7, 11) is -0.647. The maximum absolute atomic E-state index is 12.0. The van der Waals surface area contributed by atoms with E-state index in [-0.39, 0.29) is 5.91 Å². The number of hydrogen-bond donors (Lipinski definition) is 2. The highest BCUT2D eigenvalue weighted by atomic mass is 32.2. The van der Waals surface area contributed by atoms with Gasteiger partial charge >= 0.3 is 0 Å². The average Bonchev–Trinajstić information content (AvgIpc) is 2.46. The molecule has 3 N–H and O–H groups in total. The van der Waals surface area contributed by atoms with Gasteiger partial charge in [0.25, 0.3) is 0 Å². The lowest BCUT2D eigenvalue weighted by Crippen LogP contribution is -2.61. The summed E-state index contributed by atoms with van der Waals surface area (Å²) in [4.78, 5) is 14.4. The largest absolute Gasteiger partial charge is 0.368 e. The zero-order chi connectivity index (χ0) is 14.6. The van der Waals surface area contributed by atoms with Gasteiger partial charge in [-0.25, -0.2) is 0 Å². The smallest absolute Gasteiger partial charge is 0.237 e. The van der Waals surface area contributed by atoms with Crippen molar-refractivity contribution in [3.05, 3.63) is 0 Å². The topological polar surface area (TPSA) is 75.4 Å². The molecule has 116 valence electrons. The van der Waals surface area contributed by atoms with Crippen molar-refractivity contribution in [2.45, 2.75) is 50.6 Å². The van der Waals surface area contributed by atoms with E-state index in [0.717, 1.165) is 63.2 Å². The minimum Gasteiger partial charge on any atom is -0.368 e. The van der Waals surface area contributed by atoms with Gasteiger partial charge in [0.1, 0.15) is 0 Å². The third kappa shape index (κ3) is 3.59. The lowest BCUT2D eigenvalue weighted by atomic mass is 9.77. The van der Waals surface area contributed by atoms with Gasteiger partial charge in [-0.2, -0.15) is 0 Å². The number of carbonyl (C=O) groups excluding carboxylic acids is 1. The zero-order valence-electron chi connectivity index (χ0n) is 12.4. The van der Waals surface area contributed by atoms with E-state index in [9.17, 15) is 9.00 Å². The van der Waals surface area contributed by atoms with Crippen LogP contribution in [0.25, 0.3) is 0 Å². The average molecular weight is 301 g/mol. The second-order valence-corrected chi connectivity index (χ2v) is 7.70. The van der Waals surface area contributed by atoms with Gasteiger partial charge in [0.15, 0.2) is 0 Å². The van der Waals surface area contributed by atoms with Crippen molar-refractivity contribution >= 4 is 16.7 Å². The van der Waals surface area contributed by atoms with E-state index in [2.05, 4.69) is 17.1 Å². The first kappa shape index (κ1) is 15.9. The van der Waals surface area contributed by atoms with Gasteiger partial charge < -0.3 is 11.1 Å². The van der Waals surface area contributed by atoms with E-state index < -0.39 is 16.3 Å². The van der Waals surface area contributed by atoms with Crippen molar-refractivity contribution in [1.82, 2.24) is 10.2 Å². The van der Waals surface area contributed by atoms with Crippen LogP contribution in [-0.2, 0) is 15.6 Å². The molecule has 1 aliphatic heterocycles. The molecule has 0 spiro atoms. The van der Waals surface area contributed by atoms with Crippen LogP contribution in [0, 0.1) is 0 Å². The van der Waals surface area contributed by atoms with E-state index in [1.165, 1.54) is 0 Å². The molecule has 1 saturated heterocycles. The first-order valence-electron chi connectivity index (χ1n) is 7.71. The van der Waals surface area contributed by atoms with Crippen LogP contribution in [0.4, 0.5) is 0 Å². The number of carbonyl (C=O) groups is 1. The van der Waals surface area contributed by atoms with Crippen molar-refractivity contribution < 1.29 is 9.00 Å². The Morgan fingerprint density at radius 1 is 1.45 bits per heavy atom. The van der Waals surface area contributed by atoms with Gasteiger partial charge in [-0.05, 0) is 38.6 Å². The van der Waals surface area contributed by atoms with Gasteiger partial charge in [-0.15, -0.1) is 0 Å². The Morgan fingerprint density at radius 2 is 2.15 bits per heavy atom. The number of primary amides is 1. The molecule has 6 heteroatoms. The molecule has 2 atom stereocenters. The SMILES string of the molecule is CCCNC1(C(N)=O)CCCC(N2CCS(=O)CC2)C1. The summed E-state index contributed by atoms with van der Waals surface area (Å²) in [5, 5.41) is 3.40. The summed E-state index contributed by atoms with van der Waals surface area (Å²) in [5.74, 6) is 1.32. The Balaban J connectivity index is 2.01. The third-order valence-electron chi connectivity index (χ3n) is 4.64. The van der Waals surface area contributed by atoms with E-state index in [1.807, 2.05) is 0 Å². The van der Waals surface area contributed by atoms with Gasteiger partial charge in [0.2, 0.25) is 5.91 Å². The number of hydrogen-bond acceptors (Lipinski definition) is 4. The van der Waals surface area contributed by atoms with Crippen molar-refractivity contribution in [3.63, 3.8) is 0 Å². The van der Waals surface area contributed by atoms with E-state index in [1.54, 1.807) is 0 Å². The second-order valence-electron chi connectivity index (χ2n) is 6.01. The lowest BCUT2D eigenvalue weighted by Gasteiger charge is -2.44. The third-order valence-corrected chi connectivity index (χ3v) is 5.91. The Hall–Kier alpha value is -0.460. The first-order chi connectivity index (χ1) is 9.57. The molecule has 2 unspecified atom stereocenters. The Bertz CT molecular complexity index is 367. The van der Waals surface area contributed by atoms with Crippen LogP contribution >= 0.6 is 0 Å². The molecule has 0 bridgehead atoms. The first-order valence-corrected chi connectivity index (χ1v) is 9.20. The molecule has 0 radical (unpaired) electrons. The highest BCUT2D eigenvalue weighted by Crippen LogP contribution is 2.31. The minimum absolute atomic E-state index is 0.212. The monoisotopic (exact) mass is 301 g/mol. The fourth-order valence-corrected chi connectivity index (χ4v) is 4.49. The molecule has 0 aromatic rings. The van der Waals surface area contributed by atoms with Crippen LogP contribution < -0.4 is 11.1 Å². The van der Waals surface area contributed by atoms with Crippen LogP contribution in [0.2, 0.25) is 0 Å². The molecule has 1 aliphatic carbocycles. The quantitative estimate of drug-likeness (QED) is 0.761. The minimum atomic E-state index is -0.647. The van der Waals surface area contributed by atoms with Gasteiger partial charge in [-0.3, -0.25) is 13.9 Å². The summed E-state index contributed by atoms with van der Waals surface area (Å²) in [6.45, 7) is 4.71. The molecule has 2 fully saturated rings. The van der Waals surface area contributed by atoms with E-state index >= 15 is 0 Å². The molecular weight excluding hydrogens is 274 g/mol. The van der Waals surface area contributed by atoms with Crippen LogP contribution in [0.15, 0.2) is 0 Å². The normalized spacial score (nSPS) is 33.1. The molecule has 1 amide bonds. The molecule has 5 nitrogen and oxygen atoms in total. The van der Waals surface area contributed by atoms with Crippen LogP contribution in [-0.4, -0.2) is 57.7 Å². The van der Waals surface area contributed by atoms with E-state index in [4.69, 9.17) is 5.73 Å². The highest BCUT2D eigenvalue weighted by molar-refractivity contribution is 7.85. The Kier molecular flexibility index (Phi) is 5.57. The van der Waals surface area contributed by atoms with Crippen molar-refractivity contribution in [2.24, 2.45) is 5.73 Å². The summed E-state index contributed by atoms with van der Waals surface area (Å²) in [5.41, 5.74) is 5.16. The lowest BCUT2D eigenvalue weighted by molar-refractivity contribution is -0.126. The van der Waals surface area contributed by atoms with Crippen LogP contribution in [0.3, 0.4) is 0 Å².